The summed E-state index contributed by atoms with van der Waals surface area (Å²) in [6.45, 7) is 7.89. The average molecular weight is 432 g/mol. The minimum Gasteiger partial charge on any atom is -0.482 e. The quantitative estimate of drug-likeness (QED) is 0.380. The van der Waals surface area contributed by atoms with Crippen molar-refractivity contribution in [3.63, 3.8) is 0 Å². The van der Waals surface area contributed by atoms with Crippen molar-refractivity contribution in [3.8, 4) is 23.0 Å². The van der Waals surface area contributed by atoms with E-state index in [9.17, 15) is 9.59 Å². The highest BCUT2D eigenvalue weighted by Crippen LogP contribution is 2.31. The molecule has 6 heteroatoms. The van der Waals surface area contributed by atoms with Crippen molar-refractivity contribution < 1.29 is 23.1 Å². The first-order valence-electron chi connectivity index (χ1n) is 10.3. The van der Waals surface area contributed by atoms with E-state index in [4.69, 9.17) is 18.3 Å². The third-order valence-electron chi connectivity index (χ3n) is 5.04. The first-order chi connectivity index (χ1) is 15.2. The molecule has 0 radical (unpaired) electrons. The molecule has 0 aliphatic carbocycles. The summed E-state index contributed by atoms with van der Waals surface area (Å²) in [5, 5.41) is 0.312. The Morgan fingerprint density at radius 3 is 2.44 bits per heavy atom. The number of carbonyl (C=O) groups is 1. The van der Waals surface area contributed by atoms with Crippen molar-refractivity contribution >= 4 is 16.9 Å². The van der Waals surface area contributed by atoms with Crippen molar-refractivity contribution in [2.45, 2.75) is 33.1 Å². The van der Waals surface area contributed by atoms with Gasteiger partial charge in [-0.25, -0.2) is 4.79 Å². The van der Waals surface area contributed by atoms with Gasteiger partial charge in [-0.05, 0) is 59.9 Å². The number of benzene rings is 2. The van der Waals surface area contributed by atoms with Crippen molar-refractivity contribution in [1.82, 2.24) is 0 Å². The van der Waals surface area contributed by atoms with Crippen LogP contribution >= 0.6 is 0 Å². The predicted octanol–water partition coefficient (Wildman–Crippen LogP) is 5.64. The Balaban J connectivity index is 1.58. The lowest BCUT2D eigenvalue weighted by Crippen LogP contribution is -2.21. The minimum atomic E-state index is -0.725. The highest BCUT2D eigenvalue weighted by Gasteiger charge is 2.22. The maximum absolute atomic E-state index is 13.1. The standard InChI is InChI=1S/C26H24O6/c1-16-7-12-19-21(14-16)31-24(20-6-5-13-29-20)25(23(19)28)32-22(27)15-30-18-10-8-17(9-11-18)26(2,3)4/h5-14H,15H2,1-4H3. The Morgan fingerprint density at radius 2 is 1.78 bits per heavy atom. The van der Waals surface area contributed by atoms with E-state index in [2.05, 4.69) is 20.8 Å². The van der Waals surface area contributed by atoms with Crippen LogP contribution in [0.3, 0.4) is 0 Å². The fourth-order valence-corrected chi connectivity index (χ4v) is 3.28. The smallest absolute Gasteiger partial charge is 0.349 e. The normalized spacial score (nSPS) is 11.5. The number of esters is 1. The molecule has 0 aliphatic rings. The molecule has 32 heavy (non-hydrogen) atoms. The Morgan fingerprint density at radius 1 is 1.03 bits per heavy atom. The van der Waals surface area contributed by atoms with Crippen LogP contribution in [0.2, 0.25) is 0 Å². The molecule has 0 saturated heterocycles. The summed E-state index contributed by atoms with van der Waals surface area (Å²) in [7, 11) is 0. The molecular weight excluding hydrogens is 408 g/mol. The molecule has 0 spiro atoms. The van der Waals surface area contributed by atoms with Crippen LogP contribution in [-0.4, -0.2) is 12.6 Å². The number of furan rings is 1. The second-order valence-electron chi connectivity index (χ2n) is 8.60. The topological polar surface area (TPSA) is 78.9 Å². The Bertz CT molecular complexity index is 1310. The second kappa shape index (κ2) is 8.38. The zero-order valence-electron chi connectivity index (χ0n) is 18.4. The highest BCUT2D eigenvalue weighted by molar-refractivity contribution is 5.84. The molecule has 0 fully saturated rings. The van der Waals surface area contributed by atoms with Gasteiger partial charge in [-0.2, -0.15) is 0 Å². The maximum Gasteiger partial charge on any atom is 0.349 e. The highest BCUT2D eigenvalue weighted by atomic mass is 16.6. The monoisotopic (exact) mass is 432 g/mol. The van der Waals surface area contributed by atoms with Crippen molar-refractivity contribution in [1.29, 1.82) is 0 Å². The van der Waals surface area contributed by atoms with Crippen LogP contribution in [-0.2, 0) is 10.2 Å². The van der Waals surface area contributed by atoms with Crippen LogP contribution in [0, 0.1) is 6.92 Å². The van der Waals surface area contributed by atoms with Gasteiger partial charge >= 0.3 is 5.97 Å². The molecule has 0 atom stereocenters. The van der Waals surface area contributed by atoms with E-state index >= 15 is 0 Å². The zero-order valence-corrected chi connectivity index (χ0v) is 18.4. The molecule has 6 nitrogen and oxygen atoms in total. The number of aryl methyl sites for hydroxylation is 1. The molecule has 2 aromatic heterocycles. The number of carbonyl (C=O) groups excluding carboxylic acids is 1. The summed E-state index contributed by atoms with van der Waals surface area (Å²) < 4.78 is 22.2. The molecule has 164 valence electrons. The summed E-state index contributed by atoms with van der Waals surface area (Å²) in [5.74, 6) is -0.0837. The third kappa shape index (κ3) is 4.44. The SMILES string of the molecule is Cc1ccc2c(=O)c(OC(=O)COc3ccc(C(C)(C)C)cc3)c(-c3ccco3)oc2c1. The van der Waals surface area contributed by atoms with Crippen LogP contribution < -0.4 is 14.9 Å². The van der Waals surface area contributed by atoms with E-state index in [0.717, 1.165) is 11.1 Å². The van der Waals surface area contributed by atoms with Crippen molar-refractivity contribution in [2.75, 3.05) is 6.61 Å². The van der Waals surface area contributed by atoms with E-state index < -0.39 is 11.4 Å². The lowest BCUT2D eigenvalue weighted by atomic mass is 9.87. The molecular formula is C26H24O6. The van der Waals surface area contributed by atoms with Gasteiger partial charge in [0.15, 0.2) is 12.4 Å². The van der Waals surface area contributed by atoms with Gasteiger partial charge in [0.05, 0.1) is 11.6 Å². The lowest BCUT2D eigenvalue weighted by Gasteiger charge is -2.19. The van der Waals surface area contributed by atoms with E-state index in [-0.39, 0.29) is 29.3 Å². The van der Waals surface area contributed by atoms with Gasteiger partial charge in [0.1, 0.15) is 11.3 Å². The number of fused-ring (bicyclic) bond motifs is 1. The fourth-order valence-electron chi connectivity index (χ4n) is 3.28. The largest absolute Gasteiger partial charge is 0.482 e. The van der Waals surface area contributed by atoms with E-state index in [1.807, 2.05) is 19.1 Å². The Labute approximate surface area is 185 Å². The molecule has 4 rings (SSSR count). The van der Waals surface area contributed by atoms with Crippen LogP contribution in [0.1, 0.15) is 31.9 Å². The van der Waals surface area contributed by atoms with Gasteiger partial charge in [0, 0.05) is 0 Å². The maximum atomic E-state index is 13.1. The van der Waals surface area contributed by atoms with E-state index in [1.54, 1.807) is 42.5 Å². The summed E-state index contributed by atoms with van der Waals surface area (Å²) in [4.78, 5) is 25.6. The van der Waals surface area contributed by atoms with Crippen LogP contribution in [0.15, 0.2) is 74.5 Å². The van der Waals surface area contributed by atoms with Gasteiger partial charge in [-0.3, -0.25) is 4.79 Å². The number of ether oxygens (including phenoxy) is 2. The van der Waals surface area contributed by atoms with Crippen LogP contribution in [0.4, 0.5) is 0 Å². The van der Waals surface area contributed by atoms with Crippen molar-refractivity contribution in [2.24, 2.45) is 0 Å². The fraction of sp³-hybridized carbons (Fsp3) is 0.231. The first kappa shape index (κ1) is 21.4. The van der Waals surface area contributed by atoms with E-state index in [1.165, 1.54) is 6.26 Å². The molecule has 0 aliphatic heterocycles. The number of hydrogen-bond acceptors (Lipinski definition) is 6. The lowest BCUT2D eigenvalue weighted by molar-refractivity contribution is -0.136. The third-order valence-corrected chi connectivity index (χ3v) is 5.04. The molecule has 4 aromatic rings. The van der Waals surface area contributed by atoms with Crippen LogP contribution in [0.5, 0.6) is 11.5 Å². The van der Waals surface area contributed by atoms with Crippen molar-refractivity contribution in [3.05, 3.63) is 82.2 Å². The van der Waals surface area contributed by atoms with Gasteiger partial charge < -0.3 is 18.3 Å². The van der Waals surface area contributed by atoms with Crippen LogP contribution in [0.25, 0.3) is 22.5 Å². The predicted molar refractivity (Wildman–Crippen MR) is 121 cm³/mol. The van der Waals surface area contributed by atoms with Gasteiger partial charge in [-0.15, -0.1) is 0 Å². The number of rotatable bonds is 5. The summed E-state index contributed by atoms with van der Waals surface area (Å²) in [6, 6.07) is 16.0. The molecule has 0 saturated carbocycles. The zero-order chi connectivity index (χ0) is 22.9. The van der Waals surface area contributed by atoms with Gasteiger partial charge in [-0.1, -0.05) is 39.0 Å². The molecule has 0 bridgehead atoms. The summed E-state index contributed by atoms with van der Waals surface area (Å²) in [5.41, 5.74) is 2.03. The average Bonchev–Trinajstić information content (AvgIpc) is 3.28. The Hall–Kier alpha value is -3.80. The first-order valence-corrected chi connectivity index (χ1v) is 10.3. The van der Waals surface area contributed by atoms with Gasteiger partial charge in [0.2, 0.25) is 16.9 Å². The number of hydrogen-bond donors (Lipinski definition) is 0. The minimum absolute atomic E-state index is 0.0162. The molecule has 0 unspecified atom stereocenters. The van der Waals surface area contributed by atoms with Gasteiger partial charge in [0.25, 0.3) is 0 Å². The molecule has 2 heterocycles. The molecule has 0 amide bonds. The Kier molecular flexibility index (Phi) is 5.61. The molecule has 0 N–H and O–H groups in total. The summed E-state index contributed by atoms with van der Waals surface area (Å²) in [6.07, 6.45) is 1.45. The molecule has 2 aromatic carbocycles. The van der Waals surface area contributed by atoms with E-state index in [0.29, 0.717) is 16.7 Å². The second-order valence-corrected chi connectivity index (χ2v) is 8.60. The summed E-state index contributed by atoms with van der Waals surface area (Å²) >= 11 is 0.